The summed E-state index contributed by atoms with van der Waals surface area (Å²) >= 11 is 4.21. The van der Waals surface area contributed by atoms with E-state index in [1.807, 2.05) is 13.8 Å². The molecule has 8 amide bonds. The fourth-order valence-corrected chi connectivity index (χ4v) is 5.26. The molecular formula is C35H55N9O11S. The number of nitrogens with two attached hydrogens (primary N) is 3. The maximum absolute atomic E-state index is 13.8. The molecule has 0 spiro atoms. The largest absolute Gasteiger partial charge is 0.481 e. The molecule has 0 fully saturated rings. The Morgan fingerprint density at radius 3 is 1.86 bits per heavy atom. The molecule has 0 bridgehead atoms. The van der Waals surface area contributed by atoms with E-state index in [-0.39, 0.29) is 48.2 Å². The number of hydrogen-bond acceptors (Lipinski definition) is 12. The molecule has 0 heterocycles. The summed E-state index contributed by atoms with van der Waals surface area (Å²) in [7, 11) is 0. The third kappa shape index (κ3) is 17.0. The molecule has 0 aromatic heterocycles. The number of aliphatic carboxylic acids is 1. The maximum Gasteiger partial charge on any atom is 0.303 e. The van der Waals surface area contributed by atoms with Gasteiger partial charge in [-0.05, 0) is 55.4 Å². The van der Waals surface area contributed by atoms with E-state index < -0.39 is 109 Å². The van der Waals surface area contributed by atoms with Crippen LogP contribution in [0.5, 0.6) is 0 Å². The lowest BCUT2D eigenvalue weighted by atomic mass is 10.0. The number of amides is 8. The minimum absolute atomic E-state index is 0.0186. The number of primary amides is 2. The molecule has 0 aliphatic heterocycles. The van der Waals surface area contributed by atoms with Crippen LogP contribution in [0.25, 0.3) is 0 Å². The Kier molecular flexibility index (Phi) is 21.1. The SMILES string of the molecule is CC(C)C[C@H](NC(=O)c1ccc(N(CCS)C(=O)[C@H](CCC(=O)O)NC(=O)[C@H](CO)NC(=O)CNC(=O)[C@H](CCC(N)=O)NC(=O)[C@@H](N)C(C)C)cc1)C(N)=O. The number of benzene rings is 1. The van der Waals surface area contributed by atoms with E-state index in [0.717, 1.165) is 0 Å². The first-order valence-corrected chi connectivity index (χ1v) is 18.5. The minimum atomic E-state index is -1.66. The summed E-state index contributed by atoms with van der Waals surface area (Å²) in [5.41, 5.74) is 16.8. The number of aliphatic hydroxyl groups excluding tert-OH is 1. The van der Waals surface area contributed by atoms with Crippen molar-refractivity contribution in [2.45, 2.75) is 90.0 Å². The third-order valence-corrected chi connectivity index (χ3v) is 8.44. The lowest BCUT2D eigenvalue weighted by molar-refractivity contribution is -0.138. The highest BCUT2D eigenvalue weighted by molar-refractivity contribution is 7.80. The van der Waals surface area contributed by atoms with Gasteiger partial charge in [0.05, 0.1) is 19.2 Å². The molecule has 56 heavy (non-hydrogen) atoms. The van der Waals surface area contributed by atoms with Crippen LogP contribution in [-0.2, 0) is 38.4 Å². The Hall–Kier alpha value is -5.28. The van der Waals surface area contributed by atoms with Crippen molar-refractivity contribution in [2.24, 2.45) is 29.0 Å². The van der Waals surface area contributed by atoms with Crippen LogP contribution in [0, 0.1) is 11.8 Å². The quantitative estimate of drug-likeness (QED) is 0.0448. The van der Waals surface area contributed by atoms with Gasteiger partial charge in [0.15, 0.2) is 0 Å². The van der Waals surface area contributed by atoms with E-state index in [4.69, 9.17) is 17.2 Å². The summed E-state index contributed by atoms with van der Waals surface area (Å²) in [6, 6.07) is -0.657. The van der Waals surface area contributed by atoms with E-state index in [9.17, 15) is 53.4 Å². The lowest BCUT2D eigenvalue weighted by Crippen LogP contribution is -2.57. The number of hydrogen-bond donors (Lipinski definition) is 11. The third-order valence-electron chi connectivity index (χ3n) is 8.24. The number of anilines is 1. The first-order valence-electron chi connectivity index (χ1n) is 17.9. The monoisotopic (exact) mass is 809 g/mol. The van der Waals surface area contributed by atoms with Crippen molar-refractivity contribution in [3.05, 3.63) is 29.8 Å². The highest BCUT2D eigenvalue weighted by atomic mass is 32.1. The fraction of sp³-hybridized carbons (Fsp3) is 0.571. The number of carbonyl (C=O) groups excluding carboxylic acids is 8. The average molecular weight is 810 g/mol. The Balaban J connectivity index is 3.12. The van der Waals surface area contributed by atoms with Gasteiger partial charge in [0.1, 0.15) is 24.2 Å². The molecule has 0 radical (unpaired) electrons. The number of carboxylic acids is 1. The molecule has 13 N–H and O–H groups in total. The first-order chi connectivity index (χ1) is 26.2. The average Bonchev–Trinajstić information content (AvgIpc) is 3.13. The molecule has 0 aliphatic carbocycles. The van der Waals surface area contributed by atoms with E-state index >= 15 is 0 Å². The lowest BCUT2D eigenvalue weighted by Gasteiger charge is -2.29. The number of carbonyl (C=O) groups is 9. The summed E-state index contributed by atoms with van der Waals surface area (Å²) in [6.45, 7) is 5.37. The normalized spacial score (nSPS) is 13.7. The van der Waals surface area contributed by atoms with Crippen LogP contribution in [0.2, 0.25) is 0 Å². The maximum atomic E-state index is 13.8. The van der Waals surface area contributed by atoms with Gasteiger partial charge < -0.3 is 58.9 Å². The van der Waals surface area contributed by atoms with Crippen molar-refractivity contribution < 1.29 is 53.4 Å². The zero-order chi connectivity index (χ0) is 42.7. The molecule has 21 heteroatoms. The topological polar surface area (TPSA) is 336 Å². The number of nitrogens with one attached hydrogen (secondary N) is 5. The van der Waals surface area contributed by atoms with Crippen molar-refractivity contribution in [1.82, 2.24) is 26.6 Å². The van der Waals surface area contributed by atoms with E-state index in [1.54, 1.807) is 13.8 Å². The second-order valence-corrected chi connectivity index (χ2v) is 14.1. The Bertz CT molecular complexity index is 1560. The number of rotatable bonds is 25. The summed E-state index contributed by atoms with van der Waals surface area (Å²) in [5, 5.41) is 31.1. The van der Waals surface area contributed by atoms with Gasteiger partial charge in [-0.15, -0.1) is 0 Å². The van der Waals surface area contributed by atoms with Gasteiger partial charge in [-0.25, -0.2) is 0 Å². The van der Waals surface area contributed by atoms with Crippen molar-refractivity contribution in [2.75, 3.05) is 30.3 Å². The summed E-state index contributed by atoms with van der Waals surface area (Å²) < 4.78 is 0. The molecule has 0 unspecified atom stereocenters. The van der Waals surface area contributed by atoms with Crippen LogP contribution in [0.15, 0.2) is 24.3 Å². The number of aliphatic hydroxyl groups is 1. The van der Waals surface area contributed by atoms with Gasteiger partial charge in [-0.3, -0.25) is 43.2 Å². The molecular weight excluding hydrogens is 755 g/mol. The highest BCUT2D eigenvalue weighted by Crippen LogP contribution is 2.19. The zero-order valence-electron chi connectivity index (χ0n) is 31.9. The molecule has 20 nitrogen and oxygen atoms in total. The Morgan fingerprint density at radius 2 is 1.36 bits per heavy atom. The van der Waals surface area contributed by atoms with E-state index in [2.05, 4.69) is 39.2 Å². The second-order valence-electron chi connectivity index (χ2n) is 13.7. The van der Waals surface area contributed by atoms with Crippen molar-refractivity contribution >= 4 is 71.5 Å². The van der Waals surface area contributed by atoms with Crippen LogP contribution in [0.1, 0.15) is 70.2 Å². The molecule has 0 saturated carbocycles. The number of carboxylic acid groups (broad SMARTS) is 1. The van der Waals surface area contributed by atoms with Gasteiger partial charge in [0.2, 0.25) is 41.4 Å². The molecule has 5 atom stereocenters. The predicted octanol–water partition coefficient (Wildman–Crippen LogP) is -2.74. The first kappa shape index (κ1) is 48.7. The van der Waals surface area contributed by atoms with E-state index in [0.29, 0.717) is 6.42 Å². The zero-order valence-corrected chi connectivity index (χ0v) is 32.8. The van der Waals surface area contributed by atoms with Crippen LogP contribution in [-0.4, -0.2) is 119 Å². The van der Waals surface area contributed by atoms with Gasteiger partial charge in [-0.1, -0.05) is 27.7 Å². The van der Waals surface area contributed by atoms with Crippen molar-refractivity contribution in [1.29, 1.82) is 0 Å². The van der Waals surface area contributed by atoms with Crippen molar-refractivity contribution in [3.8, 4) is 0 Å². The summed E-state index contributed by atoms with van der Waals surface area (Å²) in [4.78, 5) is 114. The smallest absolute Gasteiger partial charge is 0.303 e. The second kappa shape index (κ2) is 24.3. The minimum Gasteiger partial charge on any atom is -0.481 e. The molecule has 1 aromatic rings. The van der Waals surface area contributed by atoms with Crippen LogP contribution >= 0.6 is 12.6 Å². The fourth-order valence-electron chi connectivity index (χ4n) is 5.06. The van der Waals surface area contributed by atoms with Crippen LogP contribution in [0.3, 0.4) is 0 Å². The van der Waals surface area contributed by atoms with E-state index in [1.165, 1.54) is 29.2 Å². The molecule has 0 aliphatic rings. The van der Waals surface area contributed by atoms with Crippen molar-refractivity contribution in [3.63, 3.8) is 0 Å². The standard InChI is InChI=1S/C35H55N9O11S/c1-18(2)15-24(30(38)50)43-31(51)20-5-7-21(8-6-20)44(13-14-56)35(55)23(10-12-28(48)49)42-33(53)25(17-45)40-27(47)16-39-32(52)22(9-11-26(36)46)41-34(54)29(37)19(3)4/h5-8,18-19,22-25,29,45,56H,9-17,37H2,1-4H3,(H2,36,46)(H2,38,50)(H,39,52)(H,40,47)(H,41,54)(H,42,53)(H,43,51)(H,48,49)/t22-,23-,24-,25-,29-/m0/s1. The summed E-state index contributed by atoms with van der Waals surface area (Å²) in [5.74, 6) is -7.74. The molecule has 0 saturated heterocycles. The van der Waals surface area contributed by atoms with Gasteiger partial charge >= 0.3 is 5.97 Å². The molecule has 312 valence electrons. The van der Waals surface area contributed by atoms with Gasteiger partial charge in [0.25, 0.3) is 5.91 Å². The Morgan fingerprint density at radius 1 is 0.768 bits per heavy atom. The van der Waals surface area contributed by atoms with Gasteiger partial charge in [0, 0.05) is 36.4 Å². The predicted molar refractivity (Wildman–Crippen MR) is 207 cm³/mol. The number of thiol groups is 1. The van der Waals surface area contributed by atoms with Crippen LogP contribution < -0.4 is 48.7 Å². The Labute approximate surface area is 330 Å². The molecule has 1 rings (SSSR count). The number of nitrogens with zero attached hydrogens (tertiary/aromatic N) is 1. The highest BCUT2D eigenvalue weighted by Gasteiger charge is 2.31. The summed E-state index contributed by atoms with van der Waals surface area (Å²) in [6.07, 6.45) is -1.11. The van der Waals surface area contributed by atoms with Crippen LogP contribution in [0.4, 0.5) is 5.69 Å². The molecule has 1 aromatic carbocycles. The van der Waals surface area contributed by atoms with Gasteiger partial charge in [-0.2, -0.15) is 12.6 Å².